The lowest BCUT2D eigenvalue weighted by Crippen LogP contribution is -2.48. The molecule has 0 aromatic carbocycles. The molecule has 1 heterocycles. The third-order valence-electron chi connectivity index (χ3n) is 5.25. The maximum Gasteiger partial charge on any atom is 0.115 e. The molecule has 4 atom stereocenters. The number of alkyl halides is 1. The van der Waals surface area contributed by atoms with Crippen molar-refractivity contribution >= 4 is 0 Å². The van der Waals surface area contributed by atoms with Gasteiger partial charge in [-0.05, 0) is 44.6 Å². The first-order valence-corrected chi connectivity index (χ1v) is 7.56. The Morgan fingerprint density at radius 1 is 1.18 bits per heavy atom. The lowest BCUT2D eigenvalue weighted by Gasteiger charge is -2.44. The van der Waals surface area contributed by atoms with E-state index in [1.807, 2.05) is 6.92 Å². The fourth-order valence-electron chi connectivity index (χ4n) is 4.08. The van der Waals surface area contributed by atoms with Crippen LogP contribution in [0.1, 0.15) is 58.8 Å². The predicted molar refractivity (Wildman–Crippen MR) is 70.8 cm³/mol. The van der Waals surface area contributed by atoms with Crippen LogP contribution in [-0.2, 0) is 0 Å². The van der Waals surface area contributed by atoms with Crippen LogP contribution in [0.5, 0.6) is 0 Å². The summed E-state index contributed by atoms with van der Waals surface area (Å²) in [5.41, 5.74) is -0.950. The lowest BCUT2D eigenvalue weighted by molar-refractivity contribution is -0.0248. The van der Waals surface area contributed by atoms with Crippen LogP contribution in [-0.4, -0.2) is 18.8 Å². The molecule has 0 amide bonds. The van der Waals surface area contributed by atoms with Crippen molar-refractivity contribution < 1.29 is 4.39 Å². The van der Waals surface area contributed by atoms with Gasteiger partial charge in [-0.3, -0.25) is 0 Å². The molecule has 17 heavy (non-hydrogen) atoms. The third-order valence-corrected chi connectivity index (χ3v) is 5.25. The molecule has 2 heteroatoms. The third kappa shape index (κ3) is 2.83. The number of nitrogens with one attached hydrogen (secondary N) is 1. The molecular formula is C15H28FN. The molecule has 1 aliphatic heterocycles. The molecular weight excluding hydrogens is 213 g/mol. The van der Waals surface area contributed by atoms with Crippen molar-refractivity contribution in [3.63, 3.8) is 0 Å². The highest BCUT2D eigenvalue weighted by Gasteiger charge is 2.45. The minimum Gasteiger partial charge on any atom is -0.316 e. The Labute approximate surface area is 106 Å². The highest BCUT2D eigenvalue weighted by Crippen LogP contribution is 2.45. The molecule has 0 radical (unpaired) electrons. The molecule has 4 unspecified atom stereocenters. The van der Waals surface area contributed by atoms with Crippen molar-refractivity contribution in [2.24, 2.45) is 17.8 Å². The predicted octanol–water partition coefficient (Wildman–Crippen LogP) is 3.93. The molecule has 100 valence electrons. The van der Waals surface area contributed by atoms with Crippen LogP contribution >= 0.6 is 0 Å². The summed E-state index contributed by atoms with van der Waals surface area (Å²) in [6.07, 6.45) is 8.29. The van der Waals surface area contributed by atoms with Gasteiger partial charge in [-0.15, -0.1) is 0 Å². The van der Waals surface area contributed by atoms with Gasteiger partial charge in [-0.1, -0.05) is 32.6 Å². The lowest BCUT2D eigenvalue weighted by atomic mass is 9.65. The first-order chi connectivity index (χ1) is 8.16. The second kappa shape index (κ2) is 5.69. The second-order valence-corrected chi connectivity index (χ2v) is 6.25. The van der Waals surface area contributed by atoms with Crippen LogP contribution in [0.15, 0.2) is 0 Å². The largest absolute Gasteiger partial charge is 0.316 e. The summed E-state index contributed by atoms with van der Waals surface area (Å²) in [6, 6.07) is 0. The number of piperidine rings is 1. The van der Waals surface area contributed by atoms with Crippen molar-refractivity contribution in [2.45, 2.75) is 64.5 Å². The summed E-state index contributed by atoms with van der Waals surface area (Å²) in [7, 11) is 0. The Morgan fingerprint density at radius 3 is 2.59 bits per heavy atom. The maximum atomic E-state index is 15.3. The van der Waals surface area contributed by atoms with E-state index in [1.165, 1.54) is 19.3 Å². The smallest absolute Gasteiger partial charge is 0.115 e. The topological polar surface area (TPSA) is 12.0 Å². The molecule has 0 bridgehead atoms. The molecule has 2 fully saturated rings. The molecule has 1 nitrogen and oxygen atoms in total. The monoisotopic (exact) mass is 241 g/mol. The molecule has 1 saturated carbocycles. The van der Waals surface area contributed by atoms with Crippen molar-refractivity contribution in [3.8, 4) is 0 Å². The maximum absolute atomic E-state index is 15.3. The van der Waals surface area contributed by atoms with E-state index in [-0.39, 0.29) is 5.92 Å². The van der Waals surface area contributed by atoms with E-state index in [4.69, 9.17) is 0 Å². The standard InChI is InChI=1S/C15H28FN/c1-3-12-7-4-5-9-14(12)15(2,16)13-8-6-10-17-11-13/h12-14,17H,3-11H2,1-2H3. The minimum absolute atomic E-state index is 0.244. The van der Waals surface area contributed by atoms with Gasteiger partial charge in [-0.2, -0.15) is 0 Å². The van der Waals surface area contributed by atoms with E-state index in [2.05, 4.69) is 12.2 Å². The van der Waals surface area contributed by atoms with Crippen molar-refractivity contribution in [1.29, 1.82) is 0 Å². The van der Waals surface area contributed by atoms with E-state index < -0.39 is 5.67 Å². The fourth-order valence-corrected chi connectivity index (χ4v) is 4.08. The summed E-state index contributed by atoms with van der Waals surface area (Å²) in [4.78, 5) is 0. The van der Waals surface area contributed by atoms with Crippen LogP contribution < -0.4 is 5.32 Å². The Morgan fingerprint density at radius 2 is 1.94 bits per heavy atom. The van der Waals surface area contributed by atoms with Gasteiger partial charge >= 0.3 is 0 Å². The van der Waals surface area contributed by atoms with Gasteiger partial charge in [0.2, 0.25) is 0 Å². The van der Waals surface area contributed by atoms with Gasteiger partial charge < -0.3 is 5.32 Å². The molecule has 2 rings (SSSR count). The van der Waals surface area contributed by atoms with Gasteiger partial charge in [0.05, 0.1) is 0 Å². The number of hydrogen-bond acceptors (Lipinski definition) is 1. The zero-order chi connectivity index (χ0) is 12.3. The summed E-state index contributed by atoms with van der Waals surface area (Å²) in [6.45, 7) is 6.09. The van der Waals surface area contributed by atoms with Gasteiger partial charge in [-0.25, -0.2) is 4.39 Å². The molecule has 1 N–H and O–H groups in total. The summed E-state index contributed by atoms with van der Waals surface area (Å²) < 4.78 is 15.3. The van der Waals surface area contributed by atoms with E-state index in [0.717, 1.165) is 38.8 Å². The van der Waals surface area contributed by atoms with Crippen LogP contribution in [0.4, 0.5) is 4.39 Å². The van der Waals surface area contributed by atoms with Crippen LogP contribution in [0.3, 0.4) is 0 Å². The Balaban J connectivity index is 2.05. The first-order valence-electron chi connectivity index (χ1n) is 7.56. The first kappa shape index (κ1) is 13.3. The number of rotatable bonds is 3. The Hall–Kier alpha value is -0.110. The van der Waals surface area contributed by atoms with E-state index in [1.54, 1.807) is 0 Å². The molecule has 1 aliphatic carbocycles. The van der Waals surface area contributed by atoms with Crippen LogP contribution in [0.25, 0.3) is 0 Å². The molecule has 0 aromatic rings. The number of halogens is 1. The van der Waals surface area contributed by atoms with Gasteiger partial charge in [0, 0.05) is 12.5 Å². The minimum atomic E-state index is -0.950. The Bertz CT molecular complexity index is 233. The van der Waals surface area contributed by atoms with Crippen LogP contribution in [0, 0.1) is 17.8 Å². The van der Waals surface area contributed by atoms with Gasteiger partial charge in [0.1, 0.15) is 5.67 Å². The zero-order valence-electron chi connectivity index (χ0n) is 11.5. The Kier molecular flexibility index (Phi) is 4.46. The van der Waals surface area contributed by atoms with Crippen LogP contribution in [0.2, 0.25) is 0 Å². The van der Waals surface area contributed by atoms with E-state index >= 15 is 4.39 Å². The fraction of sp³-hybridized carbons (Fsp3) is 1.00. The van der Waals surface area contributed by atoms with Crippen molar-refractivity contribution in [2.75, 3.05) is 13.1 Å². The van der Waals surface area contributed by atoms with Crippen molar-refractivity contribution in [1.82, 2.24) is 5.32 Å². The van der Waals surface area contributed by atoms with Gasteiger partial charge in [0.15, 0.2) is 0 Å². The average molecular weight is 241 g/mol. The average Bonchev–Trinajstić information content (AvgIpc) is 2.39. The summed E-state index contributed by atoms with van der Waals surface area (Å²) in [5.74, 6) is 1.18. The second-order valence-electron chi connectivity index (χ2n) is 6.25. The molecule has 0 aromatic heterocycles. The highest BCUT2D eigenvalue weighted by molar-refractivity contribution is 4.95. The SMILES string of the molecule is CCC1CCCCC1C(C)(F)C1CCCNC1. The number of hydrogen-bond donors (Lipinski definition) is 1. The molecule has 2 aliphatic rings. The summed E-state index contributed by atoms with van der Waals surface area (Å²) >= 11 is 0. The highest BCUT2D eigenvalue weighted by atomic mass is 19.1. The van der Waals surface area contributed by atoms with E-state index in [0.29, 0.717) is 11.8 Å². The van der Waals surface area contributed by atoms with E-state index in [9.17, 15) is 0 Å². The summed E-state index contributed by atoms with van der Waals surface area (Å²) in [5, 5.41) is 3.37. The van der Waals surface area contributed by atoms with Crippen molar-refractivity contribution in [3.05, 3.63) is 0 Å². The normalized spacial score (nSPS) is 38.6. The quantitative estimate of drug-likeness (QED) is 0.789. The molecule has 0 spiro atoms. The van der Waals surface area contributed by atoms with Gasteiger partial charge in [0.25, 0.3) is 0 Å². The zero-order valence-corrected chi connectivity index (χ0v) is 11.5. The molecule has 1 saturated heterocycles.